The van der Waals surface area contributed by atoms with Crippen LogP contribution in [0.1, 0.15) is 55.5 Å². The largest absolute Gasteiger partial charge is 0.394 e. The van der Waals surface area contributed by atoms with Crippen LogP contribution in [0.3, 0.4) is 0 Å². The van der Waals surface area contributed by atoms with E-state index in [0.29, 0.717) is 32.5 Å². The van der Waals surface area contributed by atoms with Crippen molar-refractivity contribution in [1.82, 2.24) is 25.4 Å². The van der Waals surface area contributed by atoms with Crippen LogP contribution < -0.4 is 10.6 Å². The molecule has 0 bridgehead atoms. The summed E-state index contributed by atoms with van der Waals surface area (Å²) < 4.78 is 31.6. The summed E-state index contributed by atoms with van der Waals surface area (Å²) >= 11 is 0. The Morgan fingerprint density at radius 3 is 2.30 bits per heavy atom. The zero-order valence-electron chi connectivity index (χ0n) is 28.7. The van der Waals surface area contributed by atoms with Gasteiger partial charge >= 0.3 is 10.4 Å². The SMILES string of the molecule is CC(C)(C)NC(=O)[C@@H]1CN(Cc2cccnc2)CCN1CC(O)CC(Cc1ccccc1)C(=O)N[C@H]1c2ccccc2C[C@H]1O.O=S(=O)(O)O. The number of hydrogen-bond acceptors (Lipinski definition) is 9. The fraction of sp³-hybridized carbons (Fsp3) is 0.472. The van der Waals surface area contributed by atoms with E-state index in [9.17, 15) is 19.8 Å². The van der Waals surface area contributed by atoms with Gasteiger partial charge in [-0.15, -0.1) is 0 Å². The predicted octanol–water partition coefficient (Wildman–Crippen LogP) is 2.21. The number of nitrogens with zero attached hydrogens (tertiary/aromatic N) is 3. The van der Waals surface area contributed by atoms with Crippen LogP contribution >= 0.6 is 0 Å². The first-order chi connectivity index (χ1) is 23.6. The third-order valence-electron chi connectivity index (χ3n) is 8.70. The minimum Gasteiger partial charge on any atom is -0.392 e. The Kier molecular flexibility index (Phi) is 13.6. The van der Waals surface area contributed by atoms with Gasteiger partial charge in [-0.25, -0.2) is 0 Å². The molecule has 0 saturated carbocycles. The van der Waals surface area contributed by atoms with Crippen LogP contribution in [0.15, 0.2) is 79.1 Å². The maximum Gasteiger partial charge on any atom is 0.394 e. The van der Waals surface area contributed by atoms with Gasteiger partial charge < -0.3 is 20.8 Å². The number of carbonyl (C=O) groups is 2. The predicted molar refractivity (Wildman–Crippen MR) is 188 cm³/mol. The number of aliphatic hydroxyl groups excluding tert-OH is 2. The van der Waals surface area contributed by atoms with Crippen molar-refractivity contribution in [2.24, 2.45) is 5.92 Å². The smallest absolute Gasteiger partial charge is 0.392 e. The van der Waals surface area contributed by atoms with E-state index in [4.69, 9.17) is 17.5 Å². The molecule has 2 aromatic carbocycles. The number of hydrogen-bond donors (Lipinski definition) is 6. The van der Waals surface area contributed by atoms with Crippen molar-refractivity contribution in [3.63, 3.8) is 0 Å². The zero-order valence-corrected chi connectivity index (χ0v) is 29.5. The van der Waals surface area contributed by atoms with Crippen LogP contribution in [0.25, 0.3) is 0 Å². The Morgan fingerprint density at radius 2 is 1.64 bits per heavy atom. The number of carbonyl (C=O) groups excluding carboxylic acids is 2. The van der Waals surface area contributed by atoms with Crippen LogP contribution in [0.5, 0.6) is 0 Å². The molecule has 6 N–H and O–H groups in total. The van der Waals surface area contributed by atoms with Gasteiger partial charge in [-0.1, -0.05) is 60.7 Å². The van der Waals surface area contributed by atoms with E-state index in [2.05, 4.69) is 25.4 Å². The van der Waals surface area contributed by atoms with Gasteiger partial charge in [0, 0.05) is 63.0 Å². The highest BCUT2D eigenvalue weighted by Crippen LogP contribution is 2.32. The second-order valence-corrected chi connectivity index (χ2v) is 14.9. The molecule has 1 aliphatic carbocycles. The maximum atomic E-state index is 13.8. The van der Waals surface area contributed by atoms with Crippen molar-refractivity contribution in [3.8, 4) is 0 Å². The first-order valence-electron chi connectivity index (χ1n) is 16.7. The van der Waals surface area contributed by atoms with Crippen LogP contribution in [0.4, 0.5) is 0 Å². The van der Waals surface area contributed by atoms with Gasteiger partial charge in [0.1, 0.15) is 6.04 Å². The lowest BCUT2D eigenvalue weighted by atomic mass is 9.91. The van der Waals surface area contributed by atoms with Gasteiger partial charge in [0.2, 0.25) is 11.8 Å². The lowest BCUT2D eigenvalue weighted by Crippen LogP contribution is -2.61. The van der Waals surface area contributed by atoms with E-state index in [-0.39, 0.29) is 24.8 Å². The second kappa shape index (κ2) is 17.4. The van der Waals surface area contributed by atoms with Crippen molar-refractivity contribution < 1.29 is 37.3 Å². The Bertz CT molecular complexity index is 1650. The fourth-order valence-corrected chi connectivity index (χ4v) is 6.56. The van der Waals surface area contributed by atoms with Crippen LogP contribution in [0, 0.1) is 5.92 Å². The first-order valence-corrected chi connectivity index (χ1v) is 18.1. The Morgan fingerprint density at radius 1 is 0.980 bits per heavy atom. The monoisotopic (exact) mass is 711 g/mol. The highest BCUT2D eigenvalue weighted by atomic mass is 32.3. The molecule has 272 valence electrons. The van der Waals surface area contributed by atoms with E-state index < -0.39 is 46.1 Å². The molecular weight excluding hydrogens is 662 g/mol. The summed E-state index contributed by atoms with van der Waals surface area (Å²) in [6, 6.07) is 20.6. The Balaban J connectivity index is 0.00000105. The second-order valence-electron chi connectivity index (χ2n) is 14.0. The van der Waals surface area contributed by atoms with E-state index in [0.717, 1.165) is 28.8 Å². The van der Waals surface area contributed by atoms with Gasteiger partial charge in [0.25, 0.3) is 0 Å². The van der Waals surface area contributed by atoms with E-state index in [1.807, 2.05) is 93.7 Å². The van der Waals surface area contributed by atoms with E-state index >= 15 is 0 Å². The van der Waals surface area contributed by atoms with Crippen LogP contribution in [0.2, 0.25) is 0 Å². The van der Waals surface area contributed by atoms with E-state index in [1.54, 1.807) is 6.20 Å². The minimum atomic E-state index is -4.67. The van der Waals surface area contributed by atoms with Gasteiger partial charge in [-0.2, -0.15) is 8.42 Å². The third kappa shape index (κ3) is 12.5. The Labute approximate surface area is 294 Å². The summed E-state index contributed by atoms with van der Waals surface area (Å²) in [4.78, 5) is 35.9. The number of aliphatic hydroxyl groups is 2. The van der Waals surface area contributed by atoms with Gasteiger partial charge in [0.15, 0.2) is 0 Å². The topological polar surface area (TPSA) is 193 Å². The molecule has 0 radical (unpaired) electrons. The number of rotatable bonds is 11. The third-order valence-corrected chi connectivity index (χ3v) is 8.70. The number of β-amino-alcohol motifs (C(OH)–C–C–N with tert-alkyl or cyclic N) is 1. The molecule has 14 heteroatoms. The molecule has 1 aliphatic heterocycles. The average Bonchev–Trinajstić information content (AvgIpc) is 3.35. The molecule has 5 atom stereocenters. The minimum absolute atomic E-state index is 0.0712. The van der Waals surface area contributed by atoms with E-state index in [1.165, 1.54) is 0 Å². The Hall–Kier alpha value is -3.76. The number of piperazine rings is 1. The standard InChI is InChI=1S/C36H47N5O4.H2O4S/c1-36(2,3)39-35(45)31-24-40(22-26-12-9-15-37-21-26)16-17-41(31)23-29(42)19-28(18-25-10-5-4-6-11-25)34(44)38-33-30-14-8-7-13-27(30)20-32(33)43;1-5(2,3)4/h4-15,21,28-29,31-33,42-43H,16-20,22-24H2,1-3H3,(H,38,44)(H,39,45);(H2,1,2,3,4)/t28?,29?,31-,32+,33-;/m0./s1. The highest BCUT2D eigenvalue weighted by molar-refractivity contribution is 7.79. The van der Waals surface area contributed by atoms with Crippen LogP contribution in [-0.2, 0) is 39.4 Å². The number of benzene rings is 2. The molecule has 5 rings (SSSR count). The average molecular weight is 712 g/mol. The quantitative estimate of drug-likeness (QED) is 0.160. The van der Waals surface area contributed by atoms with Crippen LogP contribution in [-0.4, -0.2) is 104 Å². The summed E-state index contributed by atoms with van der Waals surface area (Å²) in [5.74, 6) is -0.781. The molecule has 1 aromatic heterocycles. The van der Waals surface area contributed by atoms with Gasteiger partial charge in [-0.05, 0) is 61.9 Å². The number of aromatic nitrogens is 1. The zero-order chi connectivity index (χ0) is 36.5. The van der Waals surface area contributed by atoms with Gasteiger partial charge in [0.05, 0.1) is 18.2 Å². The van der Waals surface area contributed by atoms with Crippen molar-refractivity contribution in [3.05, 3.63) is 101 Å². The molecule has 50 heavy (non-hydrogen) atoms. The lowest BCUT2D eigenvalue weighted by Gasteiger charge is -2.42. The molecule has 2 heterocycles. The lowest BCUT2D eigenvalue weighted by molar-refractivity contribution is -0.132. The highest BCUT2D eigenvalue weighted by Gasteiger charge is 2.37. The molecule has 2 aliphatic rings. The van der Waals surface area contributed by atoms with Gasteiger partial charge in [-0.3, -0.25) is 33.5 Å². The fourth-order valence-electron chi connectivity index (χ4n) is 6.56. The van der Waals surface area contributed by atoms with Crippen molar-refractivity contribution in [2.45, 2.75) is 76.4 Å². The molecule has 1 saturated heterocycles. The molecule has 2 amide bonds. The molecular formula is C36H49N5O8S. The number of nitrogens with one attached hydrogen (secondary N) is 2. The molecule has 2 unspecified atom stereocenters. The molecule has 13 nitrogen and oxygen atoms in total. The number of fused-ring (bicyclic) bond motifs is 1. The number of amides is 2. The van der Waals surface area contributed by atoms with Crippen molar-refractivity contribution in [1.29, 1.82) is 0 Å². The maximum absolute atomic E-state index is 13.8. The normalized spacial score (nSPS) is 20.9. The molecule has 0 spiro atoms. The molecule has 3 aromatic rings. The summed E-state index contributed by atoms with van der Waals surface area (Å²) in [6.45, 7) is 8.74. The number of pyridine rings is 1. The molecule has 1 fully saturated rings. The summed E-state index contributed by atoms with van der Waals surface area (Å²) in [5, 5.41) is 28.5. The summed E-state index contributed by atoms with van der Waals surface area (Å²) in [7, 11) is -4.67. The first kappa shape index (κ1) is 39.0. The van der Waals surface area contributed by atoms with Crippen molar-refractivity contribution >= 4 is 22.2 Å². The summed E-state index contributed by atoms with van der Waals surface area (Å²) in [6.07, 6.45) is 3.26. The van der Waals surface area contributed by atoms with Crippen molar-refractivity contribution in [2.75, 3.05) is 26.2 Å². The summed E-state index contributed by atoms with van der Waals surface area (Å²) in [5.41, 5.74) is 3.68.